The van der Waals surface area contributed by atoms with Gasteiger partial charge in [0.1, 0.15) is 5.75 Å². The van der Waals surface area contributed by atoms with Crippen LogP contribution in [0.5, 0.6) is 5.75 Å². The maximum atomic E-state index is 12.0. The standard InChI is InChI=1S/C18H28N2O3S/c1-14(2)11-20-8-9-23-16(12-20)10-19-18(21)13-24-17-6-4-15(22-3)5-7-17/h4-7,14,16H,8-13H2,1-3H3,(H,19,21). The number of nitrogens with one attached hydrogen (secondary N) is 1. The Kier molecular flexibility index (Phi) is 7.88. The van der Waals surface area contributed by atoms with Gasteiger partial charge in [0, 0.05) is 31.1 Å². The van der Waals surface area contributed by atoms with Gasteiger partial charge in [-0.25, -0.2) is 0 Å². The van der Waals surface area contributed by atoms with Crippen molar-refractivity contribution in [2.24, 2.45) is 5.92 Å². The van der Waals surface area contributed by atoms with Gasteiger partial charge in [-0.1, -0.05) is 13.8 Å². The predicted molar refractivity (Wildman–Crippen MR) is 97.7 cm³/mol. The topological polar surface area (TPSA) is 50.8 Å². The van der Waals surface area contributed by atoms with E-state index in [1.165, 1.54) is 11.8 Å². The minimum atomic E-state index is 0.0420. The largest absolute Gasteiger partial charge is 0.497 e. The van der Waals surface area contributed by atoms with Crippen molar-refractivity contribution in [3.8, 4) is 5.75 Å². The zero-order chi connectivity index (χ0) is 17.4. The summed E-state index contributed by atoms with van der Waals surface area (Å²) < 4.78 is 10.9. The summed E-state index contributed by atoms with van der Waals surface area (Å²) in [4.78, 5) is 15.5. The molecule has 0 saturated carbocycles. The van der Waals surface area contributed by atoms with Gasteiger partial charge in [0.15, 0.2) is 0 Å². The molecular weight excluding hydrogens is 324 g/mol. The molecule has 1 aliphatic heterocycles. The van der Waals surface area contributed by atoms with Crippen LogP contribution in [0, 0.1) is 5.92 Å². The smallest absolute Gasteiger partial charge is 0.230 e. The Bertz CT molecular complexity index is 507. The van der Waals surface area contributed by atoms with E-state index in [1.54, 1.807) is 7.11 Å². The molecule has 1 fully saturated rings. The third kappa shape index (κ3) is 6.71. The van der Waals surface area contributed by atoms with Gasteiger partial charge < -0.3 is 14.8 Å². The van der Waals surface area contributed by atoms with Crippen LogP contribution in [0.4, 0.5) is 0 Å². The lowest BCUT2D eigenvalue weighted by molar-refractivity contribution is -0.119. The summed E-state index contributed by atoms with van der Waals surface area (Å²) in [5, 5.41) is 2.98. The fourth-order valence-electron chi connectivity index (χ4n) is 2.69. The number of hydrogen-bond donors (Lipinski definition) is 1. The van der Waals surface area contributed by atoms with E-state index >= 15 is 0 Å². The number of carbonyl (C=O) groups excluding carboxylic acids is 1. The van der Waals surface area contributed by atoms with E-state index in [1.807, 2.05) is 24.3 Å². The average Bonchev–Trinajstić information content (AvgIpc) is 2.58. The van der Waals surface area contributed by atoms with Gasteiger partial charge in [0.2, 0.25) is 5.91 Å². The van der Waals surface area contributed by atoms with Gasteiger partial charge in [-0.2, -0.15) is 0 Å². The predicted octanol–water partition coefficient (Wildman–Crippen LogP) is 2.26. The highest BCUT2D eigenvalue weighted by molar-refractivity contribution is 8.00. The van der Waals surface area contributed by atoms with E-state index in [9.17, 15) is 4.79 Å². The number of nitrogens with zero attached hydrogens (tertiary/aromatic N) is 1. The third-order valence-electron chi connectivity index (χ3n) is 3.80. The molecule has 6 heteroatoms. The molecule has 1 amide bonds. The summed E-state index contributed by atoms with van der Waals surface area (Å²) in [7, 11) is 1.64. The maximum Gasteiger partial charge on any atom is 0.230 e. The Hall–Kier alpha value is -1.24. The number of thioether (sulfide) groups is 1. The molecule has 0 spiro atoms. The summed E-state index contributed by atoms with van der Waals surface area (Å²) in [5.41, 5.74) is 0. The fraction of sp³-hybridized carbons (Fsp3) is 0.611. The van der Waals surface area contributed by atoms with Crippen molar-refractivity contribution in [3.63, 3.8) is 0 Å². The molecular formula is C18H28N2O3S. The fourth-order valence-corrected chi connectivity index (χ4v) is 3.41. The van der Waals surface area contributed by atoms with Crippen LogP contribution in [-0.4, -0.2) is 62.6 Å². The molecule has 1 heterocycles. The lowest BCUT2D eigenvalue weighted by atomic mass is 10.2. The average molecular weight is 353 g/mol. The molecule has 1 atom stereocenters. The summed E-state index contributed by atoms with van der Waals surface area (Å²) in [6, 6.07) is 7.73. The number of hydrogen-bond acceptors (Lipinski definition) is 5. The van der Waals surface area contributed by atoms with Crippen LogP contribution in [-0.2, 0) is 9.53 Å². The second-order valence-electron chi connectivity index (χ2n) is 6.41. The van der Waals surface area contributed by atoms with Gasteiger partial charge in [-0.15, -0.1) is 11.8 Å². The van der Waals surface area contributed by atoms with Crippen LogP contribution in [0.25, 0.3) is 0 Å². The van der Waals surface area contributed by atoms with E-state index in [-0.39, 0.29) is 12.0 Å². The van der Waals surface area contributed by atoms with Crippen LogP contribution in [0.3, 0.4) is 0 Å². The van der Waals surface area contributed by atoms with Crippen molar-refractivity contribution in [2.45, 2.75) is 24.8 Å². The van der Waals surface area contributed by atoms with Crippen molar-refractivity contribution in [3.05, 3.63) is 24.3 Å². The number of ether oxygens (including phenoxy) is 2. The SMILES string of the molecule is COc1ccc(SCC(=O)NCC2CN(CC(C)C)CCO2)cc1. The summed E-state index contributed by atoms with van der Waals surface area (Å²) in [5.74, 6) is 1.93. The number of methoxy groups -OCH3 is 1. The molecule has 0 bridgehead atoms. The Morgan fingerprint density at radius 3 is 2.83 bits per heavy atom. The molecule has 1 aromatic carbocycles. The van der Waals surface area contributed by atoms with E-state index < -0.39 is 0 Å². The first-order valence-corrected chi connectivity index (χ1v) is 9.43. The van der Waals surface area contributed by atoms with Crippen molar-refractivity contribution in [1.82, 2.24) is 10.2 Å². The molecule has 1 aliphatic rings. The molecule has 0 aliphatic carbocycles. The normalized spacial score (nSPS) is 18.6. The van der Waals surface area contributed by atoms with Gasteiger partial charge in [-0.05, 0) is 30.2 Å². The van der Waals surface area contributed by atoms with Gasteiger partial charge >= 0.3 is 0 Å². The second kappa shape index (κ2) is 9.91. The Morgan fingerprint density at radius 1 is 1.42 bits per heavy atom. The summed E-state index contributed by atoms with van der Waals surface area (Å²) in [6.45, 7) is 8.73. The highest BCUT2D eigenvalue weighted by Gasteiger charge is 2.21. The number of rotatable bonds is 8. The number of amides is 1. The Labute approximate surface area is 149 Å². The van der Waals surface area contributed by atoms with E-state index in [0.29, 0.717) is 18.2 Å². The summed E-state index contributed by atoms with van der Waals surface area (Å²) in [6.07, 6.45) is 0.0902. The van der Waals surface area contributed by atoms with Crippen molar-refractivity contribution < 1.29 is 14.3 Å². The van der Waals surface area contributed by atoms with Crippen LogP contribution < -0.4 is 10.1 Å². The third-order valence-corrected chi connectivity index (χ3v) is 4.81. The Morgan fingerprint density at radius 2 is 2.17 bits per heavy atom. The monoisotopic (exact) mass is 352 g/mol. The lowest BCUT2D eigenvalue weighted by Crippen LogP contribution is -2.48. The van der Waals surface area contributed by atoms with E-state index in [4.69, 9.17) is 9.47 Å². The highest BCUT2D eigenvalue weighted by Crippen LogP contribution is 2.20. The molecule has 0 radical (unpaired) electrons. The minimum absolute atomic E-state index is 0.0420. The quantitative estimate of drug-likeness (QED) is 0.728. The molecule has 1 unspecified atom stereocenters. The van der Waals surface area contributed by atoms with Crippen LogP contribution in [0.1, 0.15) is 13.8 Å². The maximum absolute atomic E-state index is 12.0. The molecule has 1 N–H and O–H groups in total. The van der Waals surface area contributed by atoms with Crippen LogP contribution >= 0.6 is 11.8 Å². The first kappa shape index (κ1) is 19.1. The van der Waals surface area contributed by atoms with Gasteiger partial charge in [0.05, 0.1) is 25.6 Å². The van der Waals surface area contributed by atoms with Crippen molar-refractivity contribution >= 4 is 17.7 Å². The number of morpholine rings is 1. The second-order valence-corrected chi connectivity index (χ2v) is 7.46. The first-order valence-electron chi connectivity index (χ1n) is 8.44. The van der Waals surface area contributed by atoms with Crippen LogP contribution in [0.15, 0.2) is 29.2 Å². The molecule has 1 saturated heterocycles. The van der Waals surface area contributed by atoms with Crippen molar-refractivity contribution in [1.29, 1.82) is 0 Å². The molecule has 5 nitrogen and oxygen atoms in total. The number of carbonyl (C=O) groups is 1. The van der Waals surface area contributed by atoms with E-state index in [2.05, 4.69) is 24.1 Å². The highest BCUT2D eigenvalue weighted by atomic mass is 32.2. The van der Waals surface area contributed by atoms with E-state index in [0.717, 1.165) is 36.9 Å². The molecule has 0 aromatic heterocycles. The lowest BCUT2D eigenvalue weighted by Gasteiger charge is -2.33. The molecule has 2 rings (SSSR count). The molecule has 24 heavy (non-hydrogen) atoms. The van der Waals surface area contributed by atoms with Crippen molar-refractivity contribution in [2.75, 3.05) is 45.6 Å². The summed E-state index contributed by atoms with van der Waals surface area (Å²) >= 11 is 1.52. The van der Waals surface area contributed by atoms with Gasteiger partial charge in [0.25, 0.3) is 0 Å². The zero-order valence-corrected chi connectivity index (χ0v) is 15.6. The Balaban J connectivity index is 1.66. The molecule has 1 aromatic rings. The first-order chi connectivity index (χ1) is 11.6. The molecule has 134 valence electrons. The minimum Gasteiger partial charge on any atom is -0.497 e. The van der Waals surface area contributed by atoms with Crippen LogP contribution in [0.2, 0.25) is 0 Å². The number of benzene rings is 1. The zero-order valence-electron chi connectivity index (χ0n) is 14.8. The van der Waals surface area contributed by atoms with Gasteiger partial charge in [-0.3, -0.25) is 9.69 Å².